The van der Waals surface area contributed by atoms with E-state index in [9.17, 15) is 14.4 Å². The van der Waals surface area contributed by atoms with Crippen LogP contribution in [0.15, 0.2) is 48.5 Å². The molecular formula is C25H28ClN3O4. The van der Waals surface area contributed by atoms with E-state index in [1.54, 1.807) is 40.1 Å². The van der Waals surface area contributed by atoms with E-state index in [0.29, 0.717) is 61.1 Å². The topological polar surface area (TPSA) is 79.0 Å². The third kappa shape index (κ3) is 5.30. The molecule has 2 fully saturated rings. The fourth-order valence-electron chi connectivity index (χ4n) is 4.42. The van der Waals surface area contributed by atoms with Gasteiger partial charge in [-0.25, -0.2) is 0 Å². The summed E-state index contributed by atoms with van der Waals surface area (Å²) >= 11 is 6.04. The predicted molar refractivity (Wildman–Crippen MR) is 127 cm³/mol. The highest BCUT2D eigenvalue weighted by atomic mass is 35.5. The zero-order chi connectivity index (χ0) is 23.4. The molecule has 8 heteroatoms. The van der Waals surface area contributed by atoms with Crippen molar-refractivity contribution in [2.75, 3.05) is 31.1 Å². The van der Waals surface area contributed by atoms with Crippen molar-refractivity contribution in [2.24, 2.45) is 5.92 Å². The average molecular weight is 470 g/mol. The molecule has 2 aliphatic rings. The second-order valence-corrected chi connectivity index (χ2v) is 8.83. The third-order valence-electron chi connectivity index (χ3n) is 6.16. The summed E-state index contributed by atoms with van der Waals surface area (Å²) < 4.78 is 5.59. The number of nitrogens with zero attached hydrogens (tertiary/aromatic N) is 2. The molecule has 1 N–H and O–H groups in total. The Labute approximate surface area is 198 Å². The Hall–Kier alpha value is -3.06. The molecule has 0 saturated carbocycles. The van der Waals surface area contributed by atoms with Crippen LogP contribution in [0, 0.1) is 5.92 Å². The van der Waals surface area contributed by atoms with E-state index in [-0.39, 0.29) is 30.2 Å². The highest BCUT2D eigenvalue weighted by Crippen LogP contribution is 2.28. The molecular weight excluding hydrogens is 442 g/mol. The third-order valence-corrected chi connectivity index (χ3v) is 6.40. The second kappa shape index (κ2) is 10.3. The summed E-state index contributed by atoms with van der Waals surface area (Å²) in [6.07, 6.45) is 1.53. The molecule has 2 aliphatic heterocycles. The van der Waals surface area contributed by atoms with E-state index in [1.807, 2.05) is 25.1 Å². The van der Waals surface area contributed by atoms with E-state index < -0.39 is 5.92 Å². The van der Waals surface area contributed by atoms with Crippen molar-refractivity contribution < 1.29 is 19.1 Å². The van der Waals surface area contributed by atoms with Crippen LogP contribution in [-0.2, 0) is 9.59 Å². The highest BCUT2D eigenvalue weighted by Gasteiger charge is 2.36. The van der Waals surface area contributed by atoms with Crippen molar-refractivity contribution in [1.29, 1.82) is 0 Å². The van der Waals surface area contributed by atoms with Crippen molar-refractivity contribution in [3.63, 3.8) is 0 Å². The van der Waals surface area contributed by atoms with E-state index >= 15 is 0 Å². The lowest BCUT2D eigenvalue weighted by Gasteiger charge is -2.33. The number of halogens is 1. The largest absolute Gasteiger partial charge is 0.493 e. The van der Waals surface area contributed by atoms with Gasteiger partial charge in [0.1, 0.15) is 5.75 Å². The van der Waals surface area contributed by atoms with Crippen LogP contribution in [-0.4, -0.2) is 54.9 Å². The quantitative estimate of drug-likeness (QED) is 0.702. The number of piperidine rings is 1. The summed E-state index contributed by atoms with van der Waals surface area (Å²) in [6, 6.07) is 14.4. The zero-order valence-electron chi connectivity index (χ0n) is 18.6. The molecule has 3 amide bonds. The number of para-hydroxylation sites is 1. The maximum atomic E-state index is 13.0. The van der Waals surface area contributed by atoms with Gasteiger partial charge < -0.3 is 19.9 Å². The molecule has 0 unspecified atom stereocenters. The van der Waals surface area contributed by atoms with Crippen LogP contribution in [0.25, 0.3) is 0 Å². The SMILES string of the molecule is CCOc1ccccc1C(=O)N1CCC(NC(=O)[C@@H]2CC(=O)N(c3cccc(Cl)c3)C2)CC1. The van der Waals surface area contributed by atoms with Crippen LogP contribution in [0.5, 0.6) is 5.75 Å². The lowest BCUT2D eigenvalue weighted by Crippen LogP contribution is -2.48. The molecule has 4 rings (SSSR count). The number of nitrogens with one attached hydrogen (secondary N) is 1. The molecule has 0 radical (unpaired) electrons. The first-order chi connectivity index (χ1) is 16.0. The Morgan fingerprint density at radius 1 is 1.12 bits per heavy atom. The molecule has 33 heavy (non-hydrogen) atoms. The number of likely N-dealkylation sites (tertiary alicyclic amines) is 1. The van der Waals surface area contributed by atoms with E-state index in [1.165, 1.54) is 0 Å². The van der Waals surface area contributed by atoms with Crippen LogP contribution in [0.1, 0.15) is 36.5 Å². The van der Waals surface area contributed by atoms with Gasteiger partial charge in [-0.3, -0.25) is 14.4 Å². The van der Waals surface area contributed by atoms with Crippen LogP contribution in [0.3, 0.4) is 0 Å². The molecule has 0 spiro atoms. The minimum atomic E-state index is -0.394. The van der Waals surface area contributed by atoms with Gasteiger partial charge in [0.15, 0.2) is 0 Å². The molecule has 2 saturated heterocycles. The normalized spacial score (nSPS) is 19.0. The Morgan fingerprint density at radius 2 is 1.88 bits per heavy atom. The first-order valence-corrected chi connectivity index (χ1v) is 11.7. The van der Waals surface area contributed by atoms with Gasteiger partial charge in [0, 0.05) is 42.8 Å². The first kappa shape index (κ1) is 23.1. The fourth-order valence-corrected chi connectivity index (χ4v) is 4.60. The number of carbonyl (C=O) groups excluding carboxylic acids is 3. The summed E-state index contributed by atoms with van der Waals surface area (Å²) in [4.78, 5) is 41.7. The Morgan fingerprint density at radius 3 is 2.61 bits per heavy atom. The fraction of sp³-hybridized carbons (Fsp3) is 0.400. The van der Waals surface area contributed by atoms with Gasteiger partial charge in [-0.2, -0.15) is 0 Å². The molecule has 0 aromatic heterocycles. The van der Waals surface area contributed by atoms with E-state index in [2.05, 4.69) is 5.32 Å². The minimum absolute atomic E-state index is 0.0148. The second-order valence-electron chi connectivity index (χ2n) is 8.39. The van der Waals surface area contributed by atoms with E-state index in [4.69, 9.17) is 16.3 Å². The van der Waals surface area contributed by atoms with Gasteiger partial charge in [0.25, 0.3) is 5.91 Å². The van der Waals surface area contributed by atoms with Gasteiger partial charge in [-0.05, 0) is 50.1 Å². The summed E-state index contributed by atoms with van der Waals surface area (Å²) in [5.41, 5.74) is 1.27. The van der Waals surface area contributed by atoms with Crippen molar-refractivity contribution in [3.8, 4) is 5.75 Å². The number of benzene rings is 2. The van der Waals surface area contributed by atoms with Crippen LogP contribution >= 0.6 is 11.6 Å². The standard InChI is InChI=1S/C25H28ClN3O4/c1-2-33-22-9-4-3-8-21(22)25(32)28-12-10-19(11-13-28)27-24(31)17-14-23(30)29(16-17)20-7-5-6-18(26)15-20/h3-9,15,17,19H,2,10-14,16H2,1H3,(H,27,31)/t17-/m1/s1. The molecule has 0 bridgehead atoms. The van der Waals surface area contributed by atoms with Crippen molar-refractivity contribution in [3.05, 3.63) is 59.1 Å². The first-order valence-electron chi connectivity index (χ1n) is 11.3. The highest BCUT2D eigenvalue weighted by molar-refractivity contribution is 6.31. The molecule has 0 aliphatic carbocycles. The lowest BCUT2D eigenvalue weighted by molar-refractivity contribution is -0.127. The molecule has 2 aromatic carbocycles. The Bertz CT molecular complexity index is 1040. The van der Waals surface area contributed by atoms with Gasteiger partial charge in [-0.15, -0.1) is 0 Å². The number of ether oxygens (including phenoxy) is 1. The zero-order valence-corrected chi connectivity index (χ0v) is 19.4. The Kier molecular flexibility index (Phi) is 7.18. The summed E-state index contributed by atoms with van der Waals surface area (Å²) in [5.74, 6) is -0.0441. The molecule has 2 aromatic rings. The number of hydrogen-bond donors (Lipinski definition) is 1. The number of carbonyl (C=O) groups is 3. The van der Waals surface area contributed by atoms with Crippen molar-refractivity contribution >= 4 is 35.0 Å². The molecule has 2 heterocycles. The van der Waals surface area contributed by atoms with Crippen LogP contribution in [0.4, 0.5) is 5.69 Å². The van der Waals surface area contributed by atoms with Crippen LogP contribution in [0.2, 0.25) is 5.02 Å². The van der Waals surface area contributed by atoms with Gasteiger partial charge in [-0.1, -0.05) is 29.8 Å². The smallest absolute Gasteiger partial charge is 0.257 e. The molecule has 1 atom stereocenters. The van der Waals surface area contributed by atoms with Crippen LogP contribution < -0.4 is 15.0 Å². The summed E-state index contributed by atoms with van der Waals surface area (Å²) in [7, 11) is 0. The number of amides is 3. The Balaban J connectivity index is 1.30. The summed E-state index contributed by atoms with van der Waals surface area (Å²) in [6.45, 7) is 3.85. The number of rotatable bonds is 6. The maximum absolute atomic E-state index is 13.0. The number of hydrogen-bond acceptors (Lipinski definition) is 4. The van der Waals surface area contributed by atoms with Gasteiger partial charge in [0.05, 0.1) is 18.1 Å². The molecule has 174 valence electrons. The maximum Gasteiger partial charge on any atom is 0.257 e. The average Bonchev–Trinajstić information content (AvgIpc) is 3.21. The van der Waals surface area contributed by atoms with Crippen molar-refractivity contribution in [1.82, 2.24) is 10.2 Å². The summed E-state index contributed by atoms with van der Waals surface area (Å²) in [5, 5.41) is 3.64. The molecule has 7 nitrogen and oxygen atoms in total. The van der Waals surface area contributed by atoms with E-state index in [0.717, 1.165) is 0 Å². The minimum Gasteiger partial charge on any atom is -0.493 e. The van der Waals surface area contributed by atoms with Crippen molar-refractivity contribution in [2.45, 2.75) is 32.2 Å². The number of anilines is 1. The lowest BCUT2D eigenvalue weighted by atomic mass is 10.0. The van der Waals surface area contributed by atoms with Gasteiger partial charge >= 0.3 is 0 Å². The predicted octanol–water partition coefficient (Wildman–Crippen LogP) is 3.51. The monoisotopic (exact) mass is 469 g/mol. The van der Waals surface area contributed by atoms with Gasteiger partial charge in [0.2, 0.25) is 11.8 Å².